The maximum atomic E-state index is 12.6. The van der Waals surface area contributed by atoms with E-state index in [1.807, 2.05) is 13.8 Å². The van der Waals surface area contributed by atoms with Gasteiger partial charge < -0.3 is 20.0 Å². The Morgan fingerprint density at radius 1 is 1.35 bits per heavy atom. The highest BCUT2D eigenvalue weighted by molar-refractivity contribution is 5.77. The summed E-state index contributed by atoms with van der Waals surface area (Å²) in [6.07, 6.45) is 3.01. The summed E-state index contributed by atoms with van der Waals surface area (Å²) in [4.78, 5) is 26.9. The normalized spacial score (nSPS) is 19.2. The van der Waals surface area contributed by atoms with Gasteiger partial charge in [-0.05, 0) is 25.7 Å². The number of piperidine rings is 1. The molecule has 1 fully saturated rings. The van der Waals surface area contributed by atoms with Gasteiger partial charge in [0.2, 0.25) is 0 Å². The highest BCUT2D eigenvalue weighted by Crippen LogP contribution is 2.20. The van der Waals surface area contributed by atoms with Crippen molar-refractivity contribution in [2.45, 2.75) is 45.6 Å². The van der Waals surface area contributed by atoms with Crippen molar-refractivity contribution >= 4 is 12.0 Å². The molecule has 0 spiro atoms. The van der Waals surface area contributed by atoms with Gasteiger partial charge in [0, 0.05) is 25.7 Å². The summed E-state index contributed by atoms with van der Waals surface area (Å²) in [6.45, 7) is 5.14. The van der Waals surface area contributed by atoms with Crippen molar-refractivity contribution < 1.29 is 19.8 Å². The lowest BCUT2D eigenvalue weighted by molar-refractivity contribution is -0.143. The van der Waals surface area contributed by atoms with E-state index in [-0.39, 0.29) is 25.2 Å². The summed E-state index contributed by atoms with van der Waals surface area (Å²) in [7, 11) is 0. The highest BCUT2D eigenvalue weighted by atomic mass is 16.4. The molecule has 0 aromatic carbocycles. The Morgan fingerprint density at radius 3 is 2.50 bits per heavy atom. The molecule has 0 aliphatic carbocycles. The third-order valence-corrected chi connectivity index (χ3v) is 4.01. The van der Waals surface area contributed by atoms with Crippen molar-refractivity contribution in [2.75, 3.05) is 26.2 Å². The molecule has 1 aliphatic rings. The summed E-state index contributed by atoms with van der Waals surface area (Å²) in [5, 5.41) is 18.2. The molecule has 0 saturated carbocycles. The smallest absolute Gasteiger partial charge is 0.320 e. The first-order chi connectivity index (χ1) is 9.54. The van der Waals surface area contributed by atoms with E-state index in [1.54, 1.807) is 9.80 Å². The molecule has 1 heterocycles. The minimum Gasteiger partial charge on any atom is -0.481 e. The molecule has 6 nitrogen and oxygen atoms in total. The fourth-order valence-electron chi connectivity index (χ4n) is 2.81. The fraction of sp³-hybridized carbons (Fsp3) is 0.857. The van der Waals surface area contributed by atoms with E-state index >= 15 is 0 Å². The van der Waals surface area contributed by atoms with Gasteiger partial charge in [0.15, 0.2) is 0 Å². The van der Waals surface area contributed by atoms with Crippen molar-refractivity contribution in [2.24, 2.45) is 5.92 Å². The number of carbonyl (C=O) groups excluding carboxylic acids is 1. The van der Waals surface area contributed by atoms with Crippen molar-refractivity contribution in [3.8, 4) is 0 Å². The number of hydrogen-bond donors (Lipinski definition) is 2. The van der Waals surface area contributed by atoms with Gasteiger partial charge in [-0.15, -0.1) is 0 Å². The van der Waals surface area contributed by atoms with E-state index in [0.717, 1.165) is 19.3 Å². The molecule has 1 unspecified atom stereocenters. The van der Waals surface area contributed by atoms with E-state index in [1.165, 1.54) is 0 Å². The molecule has 6 heteroatoms. The molecule has 2 amide bonds. The van der Waals surface area contributed by atoms with Crippen LogP contribution < -0.4 is 0 Å². The Morgan fingerprint density at radius 2 is 2.00 bits per heavy atom. The van der Waals surface area contributed by atoms with Gasteiger partial charge in [-0.3, -0.25) is 4.79 Å². The maximum absolute atomic E-state index is 12.6. The molecular formula is C14H26N2O4. The van der Waals surface area contributed by atoms with E-state index < -0.39 is 11.9 Å². The molecule has 1 aliphatic heterocycles. The molecule has 0 bridgehead atoms. The topological polar surface area (TPSA) is 81.1 Å². The Kier molecular flexibility index (Phi) is 6.78. The highest BCUT2D eigenvalue weighted by Gasteiger charge is 2.32. The summed E-state index contributed by atoms with van der Waals surface area (Å²) in [6, 6.07) is -0.0430. The third-order valence-electron chi connectivity index (χ3n) is 4.01. The first-order valence-electron chi connectivity index (χ1n) is 7.44. The maximum Gasteiger partial charge on any atom is 0.320 e. The van der Waals surface area contributed by atoms with Crippen LogP contribution in [0.4, 0.5) is 4.79 Å². The first kappa shape index (κ1) is 16.8. The van der Waals surface area contributed by atoms with Crippen molar-refractivity contribution in [1.29, 1.82) is 0 Å². The molecule has 0 aromatic rings. The van der Waals surface area contributed by atoms with Crippen LogP contribution in [0.15, 0.2) is 0 Å². The van der Waals surface area contributed by atoms with E-state index in [0.29, 0.717) is 19.5 Å². The number of aliphatic carboxylic acids is 1. The van der Waals surface area contributed by atoms with E-state index in [9.17, 15) is 9.59 Å². The van der Waals surface area contributed by atoms with Crippen LogP contribution in [-0.2, 0) is 4.79 Å². The number of aliphatic hydroxyl groups is 1. The Bertz CT molecular complexity index is 331. The average Bonchev–Trinajstić information content (AvgIpc) is 2.47. The van der Waals surface area contributed by atoms with Gasteiger partial charge >= 0.3 is 12.0 Å². The number of carbonyl (C=O) groups is 2. The summed E-state index contributed by atoms with van der Waals surface area (Å²) >= 11 is 0. The lowest BCUT2D eigenvalue weighted by atomic mass is 9.98. The van der Waals surface area contributed by atoms with Crippen molar-refractivity contribution in [3.05, 3.63) is 0 Å². The molecule has 116 valence electrons. The zero-order chi connectivity index (χ0) is 15.1. The van der Waals surface area contributed by atoms with Crippen LogP contribution in [-0.4, -0.2) is 64.3 Å². The second kappa shape index (κ2) is 8.09. The third kappa shape index (κ3) is 4.10. The predicted molar refractivity (Wildman–Crippen MR) is 75.5 cm³/mol. The number of urea groups is 1. The van der Waals surface area contributed by atoms with Crippen LogP contribution in [0.1, 0.15) is 39.5 Å². The van der Waals surface area contributed by atoms with Gasteiger partial charge in [-0.25, -0.2) is 4.79 Å². The lowest BCUT2D eigenvalue weighted by Gasteiger charge is -2.38. The van der Waals surface area contributed by atoms with Crippen molar-refractivity contribution in [1.82, 2.24) is 9.80 Å². The van der Waals surface area contributed by atoms with Gasteiger partial charge in [-0.1, -0.05) is 13.8 Å². The molecule has 0 aromatic heterocycles. The number of likely N-dealkylation sites (tertiary alicyclic amines) is 1. The molecule has 1 saturated heterocycles. The standard InChI is InChI=1S/C14H26N2O4/c1-3-12(4-2)16(8-9-17)14(20)15-7-5-6-11(10-15)13(18)19/h11-12,17H,3-10H2,1-2H3,(H,18,19). The minimum absolute atomic E-state index is 0.0710. The predicted octanol–water partition coefficient (Wildman–Crippen LogP) is 1.39. The molecule has 0 radical (unpaired) electrons. The van der Waals surface area contributed by atoms with Crippen LogP contribution in [0.25, 0.3) is 0 Å². The summed E-state index contributed by atoms with van der Waals surface area (Å²) in [5.41, 5.74) is 0. The zero-order valence-electron chi connectivity index (χ0n) is 12.4. The SMILES string of the molecule is CCC(CC)N(CCO)C(=O)N1CCCC(C(=O)O)C1. The second-order valence-electron chi connectivity index (χ2n) is 5.29. The lowest BCUT2D eigenvalue weighted by Crippen LogP contribution is -2.52. The number of aliphatic hydroxyl groups excluding tert-OH is 1. The average molecular weight is 286 g/mol. The Labute approximate surface area is 120 Å². The van der Waals surface area contributed by atoms with Gasteiger partial charge in [0.25, 0.3) is 0 Å². The summed E-state index contributed by atoms with van der Waals surface area (Å²) < 4.78 is 0. The molecule has 1 rings (SSSR count). The Hall–Kier alpha value is -1.30. The van der Waals surface area contributed by atoms with Gasteiger partial charge in [-0.2, -0.15) is 0 Å². The first-order valence-corrected chi connectivity index (χ1v) is 7.44. The molecular weight excluding hydrogens is 260 g/mol. The number of carboxylic acid groups (broad SMARTS) is 1. The number of rotatable bonds is 6. The van der Waals surface area contributed by atoms with Crippen LogP contribution >= 0.6 is 0 Å². The molecule has 1 atom stereocenters. The van der Waals surface area contributed by atoms with Gasteiger partial charge in [0.05, 0.1) is 12.5 Å². The van der Waals surface area contributed by atoms with Gasteiger partial charge in [0.1, 0.15) is 0 Å². The van der Waals surface area contributed by atoms with E-state index in [2.05, 4.69) is 0 Å². The van der Waals surface area contributed by atoms with E-state index in [4.69, 9.17) is 10.2 Å². The number of carboxylic acids is 1. The quantitative estimate of drug-likeness (QED) is 0.773. The zero-order valence-corrected chi connectivity index (χ0v) is 12.4. The van der Waals surface area contributed by atoms with Crippen LogP contribution in [0.2, 0.25) is 0 Å². The van der Waals surface area contributed by atoms with Crippen molar-refractivity contribution in [3.63, 3.8) is 0 Å². The Balaban J connectivity index is 2.75. The number of nitrogens with zero attached hydrogens (tertiary/aromatic N) is 2. The molecule has 2 N–H and O–H groups in total. The van der Waals surface area contributed by atoms with Crippen LogP contribution in [0.5, 0.6) is 0 Å². The minimum atomic E-state index is -0.834. The summed E-state index contributed by atoms with van der Waals surface area (Å²) in [5.74, 6) is -1.30. The monoisotopic (exact) mass is 286 g/mol. The largest absolute Gasteiger partial charge is 0.481 e. The number of hydrogen-bond acceptors (Lipinski definition) is 3. The number of amides is 2. The second-order valence-corrected chi connectivity index (χ2v) is 5.29. The van der Waals surface area contributed by atoms with Crippen LogP contribution in [0, 0.1) is 5.92 Å². The van der Waals surface area contributed by atoms with Crippen LogP contribution in [0.3, 0.4) is 0 Å². The molecule has 20 heavy (non-hydrogen) atoms. The fourth-order valence-corrected chi connectivity index (χ4v) is 2.81.